The Morgan fingerprint density at radius 2 is 2.15 bits per heavy atom. The van der Waals surface area contributed by atoms with Crippen molar-refractivity contribution in [3.05, 3.63) is 40.4 Å². The molecule has 0 unspecified atom stereocenters. The van der Waals surface area contributed by atoms with E-state index in [2.05, 4.69) is 33.7 Å². The van der Waals surface area contributed by atoms with Gasteiger partial charge in [-0.25, -0.2) is 0 Å². The predicted molar refractivity (Wildman–Crippen MR) is 110 cm³/mol. The minimum absolute atomic E-state index is 0.0444. The van der Waals surface area contributed by atoms with Gasteiger partial charge in [0.2, 0.25) is 0 Å². The number of carbonyl (C=O) groups is 2. The third kappa shape index (κ3) is 4.76. The summed E-state index contributed by atoms with van der Waals surface area (Å²) in [5.74, 6) is 2.22. The van der Waals surface area contributed by atoms with Gasteiger partial charge in [0.1, 0.15) is 12.2 Å². The van der Waals surface area contributed by atoms with Gasteiger partial charge in [0, 0.05) is 6.54 Å². The number of hydrogen-bond donors (Lipinski definition) is 1. The zero-order valence-corrected chi connectivity index (χ0v) is 17.0. The van der Waals surface area contributed by atoms with E-state index in [1.807, 2.05) is 6.92 Å². The van der Waals surface area contributed by atoms with Crippen molar-refractivity contribution in [1.29, 1.82) is 0 Å². The average molecular weight is 449 g/mol. The van der Waals surface area contributed by atoms with Crippen LogP contribution in [0.25, 0.3) is 6.08 Å². The van der Waals surface area contributed by atoms with Crippen LogP contribution in [0.15, 0.2) is 34.8 Å². The van der Waals surface area contributed by atoms with Crippen LogP contribution in [0.3, 0.4) is 0 Å². The molecule has 0 radical (unpaired) electrons. The molecule has 1 aliphatic heterocycles. The third-order valence-electron chi connectivity index (χ3n) is 3.44. The van der Waals surface area contributed by atoms with E-state index in [9.17, 15) is 9.59 Å². The van der Waals surface area contributed by atoms with E-state index in [-0.39, 0.29) is 23.8 Å². The lowest BCUT2D eigenvalue weighted by Gasteiger charge is -2.27. The van der Waals surface area contributed by atoms with Gasteiger partial charge in [-0.3, -0.25) is 19.8 Å². The van der Waals surface area contributed by atoms with E-state index in [1.165, 1.54) is 17.1 Å². The molecule has 1 aromatic rings. The van der Waals surface area contributed by atoms with Gasteiger partial charge in [-0.15, -0.1) is 13.0 Å². The number of nitrogens with one attached hydrogen (secondary N) is 1. The molecule has 2 amide bonds. The maximum Gasteiger partial charge on any atom is 0.265 e. The minimum atomic E-state index is -0.563. The van der Waals surface area contributed by atoms with Gasteiger partial charge in [-0.1, -0.05) is 12.0 Å². The van der Waals surface area contributed by atoms with E-state index in [4.69, 9.17) is 28.1 Å². The second kappa shape index (κ2) is 9.35. The number of hydrogen-bond acceptors (Lipinski definition) is 5. The largest absolute Gasteiger partial charge is 0.490 e. The van der Waals surface area contributed by atoms with Gasteiger partial charge in [0.15, 0.2) is 16.6 Å². The molecule has 0 atom stereocenters. The summed E-state index contributed by atoms with van der Waals surface area (Å²) in [6.07, 6.45) is 8.23. The summed E-state index contributed by atoms with van der Waals surface area (Å²) >= 11 is 8.44. The zero-order valence-electron chi connectivity index (χ0n) is 14.6. The molecule has 0 aliphatic carbocycles. The summed E-state index contributed by atoms with van der Waals surface area (Å²) in [5.41, 5.74) is 0.528. The van der Waals surface area contributed by atoms with Crippen LogP contribution in [0.4, 0.5) is 0 Å². The van der Waals surface area contributed by atoms with Gasteiger partial charge in [0.25, 0.3) is 11.8 Å². The molecule has 0 bridgehead atoms. The molecule has 6 nitrogen and oxygen atoms in total. The van der Waals surface area contributed by atoms with E-state index in [1.54, 1.807) is 12.1 Å². The molecule has 0 saturated carbocycles. The van der Waals surface area contributed by atoms with Crippen molar-refractivity contribution in [2.45, 2.75) is 6.92 Å². The van der Waals surface area contributed by atoms with Gasteiger partial charge >= 0.3 is 0 Å². The fourth-order valence-electron chi connectivity index (χ4n) is 2.34. The maximum absolute atomic E-state index is 12.6. The number of benzene rings is 1. The zero-order chi connectivity index (χ0) is 20.0. The topological polar surface area (TPSA) is 67.9 Å². The van der Waals surface area contributed by atoms with Crippen LogP contribution in [0.2, 0.25) is 0 Å². The Balaban J connectivity index is 2.46. The first-order valence-electron chi connectivity index (χ1n) is 7.95. The lowest BCUT2D eigenvalue weighted by atomic mass is 10.1. The summed E-state index contributed by atoms with van der Waals surface area (Å²) in [7, 11) is 0. The fourth-order valence-corrected chi connectivity index (χ4v) is 3.17. The molecule has 2 rings (SSSR count). The molecular formula is C19H17BrN2O4S. The fraction of sp³-hybridized carbons (Fsp3) is 0.211. The molecule has 0 spiro atoms. The molecular weight excluding hydrogens is 432 g/mol. The molecule has 27 heavy (non-hydrogen) atoms. The maximum atomic E-state index is 12.6. The van der Waals surface area contributed by atoms with Crippen LogP contribution in [0.5, 0.6) is 11.5 Å². The molecule has 1 fully saturated rings. The van der Waals surface area contributed by atoms with Gasteiger partial charge in [-0.05, 0) is 58.8 Å². The molecule has 1 aromatic carbocycles. The first-order valence-corrected chi connectivity index (χ1v) is 9.15. The molecule has 0 aromatic heterocycles. The van der Waals surface area contributed by atoms with Crippen LogP contribution < -0.4 is 14.8 Å². The Bertz CT molecular complexity index is 873. The van der Waals surface area contributed by atoms with Crippen molar-refractivity contribution in [3.63, 3.8) is 0 Å². The summed E-state index contributed by atoms with van der Waals surface area (Å²) in [6, 6.07) is 3.37. The van der Waals surface area contributed by atoms with Gasteiger partial charge in [-0.2, -0.15) is 0 Å². The number of terminal acetylenes is 1. The van der Waals surface area contributed by atoms with Crippen LogP contribution in [0.1, 0.15) is 12.5 Å². The first kappa shape index (κ1) is 20.7. The highest BCUT2D eigenvalue weighted by Gasteiger charge is 2.32. The van der Waals surface area contributed by atoms with Gasteiger partial charge in [0.05, 0.1) is 11.1 Å². The molecule has 8 heteroatoms. The lowest BCUT2D eigenvalue weighted by molar-refractivity contribution is -0.128. The Morgan fingerprint density at radius 3 is 2.78 bits per heavy atom. The SMILES string of the molecule is C#CCOc1c(Br)cc(/C=C2/C(=O)NC(=S)N(CC=C)C2=O)cc1OCC. The molecule has 140 valence electrons. The Hall–Kier alpha value is -2.63. The number of carbonyl (C=O) groups excluding carboxylic acids is 2. The number of amides is 2. The summed E-state index contributed by atoms with van der Waals surface area (Å²) < 4.78 is 11.7. The van der Waals surface area contributed by atoms with Crippen molar-refractivity contribution in [1.82, 2.24) is 10.2 Å². The smallest absolute Gasteiger partial charge is 0.265 e. The Labute approximate surface area is 171 Å². The van der Waals surface area contributed by atoms with Crippen molar-refractivity contribution in [2.75, 3.05) is 19.8 Å². The quantitative estimate of drug-likeness (QED) is 0.228. The van der Waals surface area contributed by atoms with Crippen molar-refractivity contribution in [3.8, 4) is 23.8 Å². The van der Waals surface area contributed by atoms with Crippen molar-refractivity contribution < 1.29 is 19.1 Å². The van der Waals surface area contributed by atoms with Crippen LogP contribution in [-0.2, 0) is 9.59 Å². The molecule has 1 saturated heterocycles. The second-order valence-electron chi connectivity index (χ2n) is 5.28. The summed E-state index contributed by atoms with van der Waals surface area (Å²) in [5, 5.41) is 2.55. The predicted octanol–water partition coefficient (Wildman–Crippen LogP) is 2.67. The summed E-state index contributed by atoms with van der Waals surface area (Å²) in [4.78, 5) is 26.1. The van der Waals surface area contributed by atoms with E-state index < -0.39 is 11.8 Å². The highest BCUT2D eigenvalue weighted by molar-refractivity contribution is 9.10. The highest BCUT2D eigenvalue weighted by atomic mass is 79.9. The number of nitrogens with zero attached hydrogens (tertiary/aromatic N) is 1. The lowest BCUT2D eigenvalue weighted by Crippen LogP contribution is -2.53. The molecule has 1 heterocycles. The normalized spacial score (nSPS) is 15.4. The highest BCUT2D eigenvalue weighted by Crippen LogP contribution is 2.37. The minimum Gasteiger partial charge on any atom is -0.490 e. The number of ether oxygens (including phenoxy) is 2. The number of thiocarbonyl (C=S) groups is 1. The van der Waals surface area contributed by atoms with E-state index in [0.717, 1.165) is 0 Å². The third-order valence-corrected chi connectivity index (χ3v) is 4.35. The summed E-state index contributed by atoms with van der Waals surface area (Å²) in [6.45, 7) is 6.10. The van der Waals surface area contributed by atoms with E-state index >= 15 is 0 Å². The molecule has 1 aliphatic rings. The number of rotatable bonds is 7. The van der Waals surface area contributed by atoms with Crippen LogP contribution in [0, 0.1) is 12.3 Å². The second-order valence-corrected chi connectivity index (χ2v) is 6.52. The van der Waals surface area contributed by atoms with Crippen molar-refractivity contribution >= 4 is 51.2 Å². The Kier molecular flexibility index (Phi) is 7.16. The van der Waals surface area contributed by atoms with Gasteiger partial charge < -0.3 is 9.47 Å². The van der Waals surface area contributed by atoms with E-state index in [0.29, 0.717) is 28.1 Å². The number of halogens is 1. The van der Waals surface area contributed by atoms with Crippen LogP contribution >= 0.6 is 28.1 Å². The Morgan fingerprint density at radius 1 is 1.41 bits per heavy atom. The van der Waals surface area contributed by atoms with Crippen molar-refractivity contribution in [2.24, 2.45) is 0 Å². The van der Waals surface area contributed by atoms with Crippen LogP contribution in [-0.4, -0.2) is 41.6 Å². The molecule has 1 N–H and O–H groups in total. The average Bonchev–Trinajstić information content (AvgIpc) is 2.62. The first-order chi connectivity index (χ1) is 12.9. The standard InChI is InChI=1S/C19H17BrN2O4S/c1-4-7-22-18(24)13(17(23)21-19(22)27)9-12-10-14(20)16(26-8-5-2)15(11-12)25-6-3/h2,4,9-11H,1,6-8H2,3H3,(H,21,23,27)/b13-9-. The monoisotopic (exact) mass is 448 g/mol.